The molecule has 2 aromatic carbocycles. The van der Waals surface area contributed by atoms with Gasteiger partial charge in [-0.25, -0.2) is 8.78 Å². The van der Waals surface area contributed by atoms with Gasteiger partial charge in [0.25, 0.3) is 0 Å². The second kappa shape index (κ2) is 8.81. The molecule has 3 amide bonds. The summed E-state index contributed by atoms with van der Waals surface area (Å²) < 4.78 is 26.1. The molecular weight excluding hydrogens is 380 g/mol. The van der Waals surface area contributed by atoms with Crippen molar-refractivity contribution in [2.45, 2.75) is 25.9 Å². The van der Waals surface area contributed by atoms with Crippen LogP contribution in [-0.2, 0) is 20.9 Å². The Balaban J connectivity index is 1.66. The molecule has 0 saturated carbocycles. The third-order valence-electron chi connectivity index (χ3n) is 4.81. The number of piperazine rings is 1. The Morgan fingerprint density at radius 3 is 2.14 bits per heavy atom. The van der Waals surface area contributed by atoms with Crippen molar-refractivity contribution < 1.29 is 23.2 Å². The molecule has 1 N–H and O–H groups in total. The van der Waals surface area contributed by atoms with Crippen LogP contribution in [-0.4, -0.2) is 46.7 Å². The lowest BCUT2D eigenvalue weighted by Gasteiger charge is -2.37. The van der Waals surface area contributed by atoms with E-state index in [0.717, 1.165) is 0 Å². The van der Waals surface area contributed by atoms with E-state index in [9.17, 15) is 23.2 Å². The van der Waals surface area contributed by atoms with Gasteiger partial charge in [-0.05, 0) is 48.4 Å². The molecule has 0 bridgehead atoms. The Morgan fingerprint density at radius 2 is 1.55 bits per heavy atom. The number of amides is 3. The maximum Gasteiger partial charge on any atom is 0.312 e. The van der Waals surface area contributed by atoms with Gasteiger partial charge < -0.3 is 15.1 Å². The molecular formula is C21H21F2N3O3. The van der Waals surface area contributed by atoms with E-state index >= 15 is 0 Å². The van der Waals surface area contributed by atoms with Crippen LogP contribution in [0, 0.1) is 11.6 Å². The van der Waals surface area contributed by atoms with Gasteiger partial charge in [0.2, 0.25) is 5.91 Å². The zero-order chi connectivity index (χ0) is 21.0. The number of carbonyl (C=O) groups is 3. The molecule has 1 atom stereocenters. The highest BCUT2D eigenvalue weighted by molar-refractivity contribution is 6.35. The summed E-state index contributed by atoms with van der Waals surface area (Å²) in [6, 6.07) is 10.2. The van der Waals surface area contributed by atoms with E-state index in [1.807, 2.05) is 0 Å². The first kappa shape index (κ1) is 20.4. The van der Waals surface area contributed by atoms with E-state index in [4.69, 9.17) is 0 Å². The minimum Gasteiger partial charge on any atom is -0.328 e. The van der Waals surface area contributed by atoms with Gasteiger partial charge >= 0.3 is 11.8 Å². The fraction of sp³-hybridized carbons (Fsp3) is 0.286. The predicted molar refractivity (Wildman–Crippen MR) is 103 cm³/mol. The van der Waals surface area contributed by atoms with E-state index in [2.05, 4.69) is 5.32 Å². The van der Waals surface area contributed by atoms with E-state index in [1.165, 1.54) is 46.2 Å². The monoisotopic (exact) mass is 401 g/mol. The summed E-state index contributed by atoms with van der Waals surface area (Å²) in [5, 5.41) is 2.65. The van der Waals surface area contributed by atoms with Crippen LogP contribution in [0.3, 0.4) is 0 Å². The number of halogens is 2. The average Bonchev–Trinajstić information content (AvgIpc) is 2.71. The highest BCUT2D eigenvalue weighted by Gasteiger charge is 2.38. The second-order valence-electron chi connectivity index (χ2n) is 6.77. The normalized spacial score (nSPS) is 15.4. The molecule has 1 fully saturated rings. The number of hydrogen-bond donors (Lipinski definition) is 1. The highest BCUT2D eigenvalue weighted by atomic mass is 19.1. The molecule has 0 radical (unpaired) electrons. The van der Waals surface area contributed by atoms with Crippen LogP contribution in [0.2, 0.25) is 0 Å². The maximum atomic E-state index is 13.0. The van der Waals surface area contributed by atoms with Gasteiger partial charge in [0.15, 0.2) is 0 Å². The van der Waals surface area contributed by atoms with Gasteiger partial charge in [0.05, 0.1) is 0 Å². The standard InChI is InChI=1S/C21H21F2N3O3/c1-2-18(19(27)24-17-9-7-16(23)8-10-17)26-12-11-25(20(28)21(26)29)13-14-3-5-15(22)6-4-14/h3-10,18H,2,11-13H2,1H3,(H,24,27). The van der Waals surface area contributed by atoms with Crippen molar-refractivity contribution in [3.8, 4) is 0 Å². The lowest BCUT2D eigenvalue weighted by Crippen LogP contribution is -2.59. The Kier molecular flexibility index (Phi) is 6.21. The molecule has 0 aromatic heterocycles. The van der Waals surface area contributed by atoms with Crippen molar-refractivity contribution >= 4 is 23.4 Å². The summed E-state index contributed by atoms with van der Waals surface area (Å²) in [6.45, 7) is 2.41. The lowest BCUT2D eigenvalue weighted by atomic mass is 10.1. The Hall–Kier alpha value is -3.29. The molecule has 1 aliphatic rings. The molecule has 0 spiro atoms. The van der Waals surface area contributed by atoms with Crippen LogP contribution >= 0.6 is 0 Å². The quantitative estimate of drug-likeness (QED) is 0.757. The minimum atomic E-state index is -0.815. The van der Waals surface area contributed by atoms with Crippen LogP contribution in [0.25, 0.3) is 0 Å². The number of nitrogens with one attached hydrogen (secondary N) is 1. The predicted octanol–water partition coefficient (Wildman–Crippen LogP) is 2.55. The van der Waals surface area contributed by atoms with Crippen molar-refractivity contribution in [2.24, 2.45) is 0 Å². The average molecular weight is 401 g/mol. The fourth-order valence-corrected chi connectivity index (χ4v) is 3.25. The molecule has 152 valence electrons. The summed E-state index contributed by atoms with van der Waals surface area (Å²) in [4.78, 5) is 40.4. The van der Waals surface area contributed by atoms with Crippen molar-refractivity contribution in [3.63, 3.8) is 0 Å². The summed E-state index contributed by atoms with van der Waals surface area (Å²) in [5.41, 5.74) is 1.12. The SMILES string of the molecule is CCC(C(=O)Nc1ccc(F)cc1)N1CCN(Cc2ccc(F)cc2)C(=O)C1=O. The fourth-order valence-electron chi connectivity index (χ4n) is 3.25. The van der Waals surface area contributed by atoms with Gasteiger partial charge in [-0.2, -0.15) is 0 Å². The number of nitrogens with zero attached hydrogens (tertiary/aromatic N) is 2. The molecule has 6 nitrogen and oxygen atoms in total. The number of rotatable bonds is 6. The van der Waals surface area contributed by atoms with Gasteiger partial charge in [0.1, 0.15) is 17.7 Å². The van der Waals surface area contributed by atoms with E-state index in [1.54, 1.807) is 19.1 Å². The van der Waals surface area contributed by atoms with Gasteiger partial charge in [-0.3, -0.25) is 14.4 Å². The Bertz CT molecular complexity index is 900. The second-order valence-corrected chi connectivity index (χ2v) is 6.77. The van der Waals surface area contributed by atoms with Crippen LogP contribution in [0.5, 0.6) is 0 Å². The van der Waals surface area contributed by atoms with E-state index in [-0.39, 0.29) is 25.5 Å². The topological polar surface area (TPSA) is 69.7 Å². The summed E-state index contributed by atoms with van der Waals surface area (Å²) in [5.74, 6) is -2.69. The first-order chi connectivity index (χ1) is 13.9. The molecule has 2 aromatic rings. The van der Waals surface area contributed by atoms with Crippen molar-refractivity contribution in [1.29, 1.82) is 0 Å². The third-order valence-corrected chi connectivity index (χ3v) is 4.81. The first-order valence-electron chi connectivity index (χ1n) is 9.29. The highest BCUT2D eigenvalue weighted by Crippen LogP contribution is 2.17. The molecule has 29 heavy (non-hydrogen) atoms. The summed E-state index contributed by atoms with van der Waals surface area (Å²) in [6.07, 6.45) is 0.323. The maximum absolute atomic E-state index is 13.0. The number of hydrogen-bond acceptors (Lipinski definition) is 3. The molecule has 1 heterocycles. The molecule has 3 rings (SSSR count). The lowest BCUT2D eigenvalue weighted by molar-refractivity contribution is -0.159. The van der Waals surface area contributed by atoms with Crippen molar-refractivity contribution in [2.75, 3.05) is 18.4 Å². The van der Waals surface area contributed by atoms with Crippen LogP contribution < -0.4 is 5.32 Å². The number of carbonyl (C=O) groups excluding carboxylic acids is 3. The Labute approximate surface area is 167 Å². The van der Waals surface area contributed by atoms with E-state index in [0.29, 0.717) is 17.7 Å². The first-order valence-corrected chi connectivity index (χ1v) is 9.29. The molecule has 0 aliphatic carbocycles. The van der Waals surface area contributed by atoms with Gasteiger partial charge in [-0.15, -0.1) is 0 Å². The van der Waals surface area contributed by atoms with Gasteiger partial charge in [0, 0.05) is 25.3 Å². The molecule has 1 aliphatic heterocycles. The van der Waals surface area contributed by atoms with Crippen LogP contribution in [0.15, 0.2) is 48.5 Å². The number of anilines is 1. The molecule has 1 saturated heterocycles. The van der Waals surface area contributed by atoms with Gasteiger partial charge in [-0.1, -0.05) is 19.1 Å². The zero-order valence-corrected chi connectivity index (χ0v) is 15.9. The number of benzene rings is 2. The summed E-state index contributed by atoms with van der Waals surface area (Å²) >= 11 is 0. The van der Waals surface area contributed by atoms with Crippen LogP contribution in [0.4, 0.5) is 14.5 Å². The molecule has 1 unspecified atom stereocenters. The largest absolute Gasteiger partial charge is 0.328 e. The smallest absolute Gasteiger partial charge is 0.312 e. The van der Waals surface area contributed by atoms with E-state index < -0.39 is 29.6 Å². The molecule has 8 heteroatoms. The summed E-state index contributed by atoms with van der Waals surface area (Å²) in [7, 11) is 0. The minimum absolute atomic E-state index is 0.192. The van der Waals surface area contributed by atoms with Crippen molar-refractivity contribution in [3.05, 3.63) is 65.7 Å². The zero-order valence-electron chi connectivity index (χ0n) is 15.9. The third kappa shape index (κ3) is 4.77. The van der Waals surface area contributed by atoms with Crippen LogP contribution in [0.1, 0.15) is 18.9 Å². The Morgan fingerprint density at radius 1 is 0.966 bits per heavy atom. The van der Waals surface area contributed by atoms with Crippen molar-refractivity contribution in [1.82, 2.24) is 9.80 Å².